The standard InChI is InChI=1S/C25H21ClN4O2S/c1-14-10-20(31)18(11-19(14)26)22-21-23(29-28-22)25(32)30(13-15-4-3-9-27-12-15)24(21)16-5-7-17(33-2)8-6-16/h3-12,24,31H,13H2,1-2H3,(H,28,29). The van der Waals surface area contributed by atoms with Gasteiger partial charge in [0.1, 0.15) is 17.1 Å². The summed E-state index contributed by atoms with van der Waals surface area (Å²) in [6, 6.07) is 14.9. The topological polar surface area (TPSA) is 82.1 Å². The van der Waals surface area contributed by atoms with Crippen molar-refractivity contribution in [2.24, 2.45) is 0 Å². The van der Waals surface area contributed by atoms with Crippen LogP contribution in [0.5, 0.6) is 5.75 Å². The summed E-state index contributed by atoms with van der Waals surface area (Å²) in [6.45, 7) is 2.22. The molecule has 0 fully saturated rings. The van der Waals surface area contributed by atoms with Gasteiger partial charge in [0.25, 0.3) is 5.91 Å². The minimum absolute atomic E-state index is 0.0702. The Balaban J connectivity index is 1.67. The Morgan fingerprint density at radius 3 is 2.70 bits per heavy atom. The van der Waals surface area contributed by atoms with E-state index in [1.165, 1.54) is 0 Å². The number of aryl methyl sites for hydroxylation is 1. The molecule has 2 N–H and O–H groups in total. The number of hydrogen-bond donors (Lipinski definition) is 2. The monoisotopic (exact) mass is 476 g/mol. The number of halogens is 1. The number of fused-ring (bicyclic) bond motifs is 1. The number of aromatic amines is 1. The second-order valence-electron chi connectivity index (χ2n) is 7.95. The van der Waals surface area contributed by atoms with E-state index in [0.29, 0.717) is 28.5 Å². The van der Waals surface area contributed by atoms with Crippen LogP contribution in [-0.4, -0.2) is 37.4 Å². The van der Waals surface area contributed by atoms with Crippen LogP contribution in [0.25, 0.3) is 11.3 Å². The number of hydrogen-bond acceptors (Lipinski definition) is 5. The highest BCUT2D eigenvalue weighted by molar-refractivity contribution is 7.98. The van der Waals surface area contributed by atoms with E-state index in [9.17, 15) is 9.90 Å². The number of phenolic OH excluding ortho intramolecular Hbond substituents is 1. The fourth-order valence-electron chi connectivity index (χ4n) is 4.24. The van der Waals surface area contributed by atoms with Crippen LogP contribution >= 0.6 is 23.4 Å². The summed E-state index contributed by atoms with van der Waals surface area (Å²) in [6.07, 6.45) is 5.50. The molecule has 2 aromatic heterocycles. The van der Waals surface area contributed by atoms with Crippen LogP contribution in [0.1, 0.15) is 38.8 Å². The number of nitrogens with one attached hydrogen (secondary N) is 1. The van der Waals surface area contributed by atoms with E-state index in [2.05, 4.69) is 15.2 Å². The molecule has 1 atom stereocenters. The van der Waals surface area contributed by atoms with Crippen molar-refractivity contribution in [1.82, 2.24) is 20.1 Å². The van der Waals surface area contributed by atoms with Crippen LogP contribution in [0.2, 0.25) is 5.02 Å². The Morgan fingerprint density at radius 2 is 2.00 bits per heavy atom. The number of thioether (sulfide) groups is 1. The van der Waals surface area contributed by atoms with E-state index < -0.39 is 0 Å². The highest BCUT2D eigenvalue weighted by Gasteiger charge is 2.42. The summed E-state index contributed by atoms with van der Waals surface area (Å²) >= 11 is 8.03. The van der Waals surface area contributed by atoms with Crippen LogP contribution in [-0.2, 0) is 6.54 Å². The zero-order chi connectivity index (χ0) is 23.1. The molecule has 166 valence electrons. The molecule has 1 unspecified atom stereocenters. The van der Waals surface area contributed by atoms with Crippen LogP contribution in [0.15, 0.2) is 65.8 Å². The lowest BCUT2D eigenvalue weighted by molar-refractivity contribution is 0.0730. The van der Waals surface area contributed by atoms with Gasteiger partial charge in [0.05, 0.1) is 6.04 Å². The molecular formula is C25H21ClN4O2S. The molecule has 0 saturated heterocycles. The number of rotatable bonds is 5. The molecule has 0 spiro atoms. The lowest BCUT2D eigenvalue weighted by Crippen LogP contribution is -2.29. The Bertz CT molecular complexity index is 1340. The zero-order valence-electron chi connectivity index (χ0n) is 18.0. The first-order valence-electron chi connectivity index (χ1n) is 10.4. The quantitative estimate of drug-likeness (QED) is 0.366. The van der Waals surface area contributed by atoms with Crippen LogP contribution < -0.4 is 0 Å². The highest BCUT2D eigenvalue weighted by atomic mass is 35.5. The maximum absolute atomic E-state index is 13.5. The third-order valence-corrected chi connectivity index (χ3v) is 7.05. The van der Waals surface area contributed by atoms with E-state index in [-0.39, 0.29) is 17.7 Å². The van der Waals surface area contributed by atoms with Crippen LogP contribution in [0.4, 0.5) is 0 Å². The Labute approximate surface area is 200 Å². The van der Waals surface area contributed by atoms with Gasteiger partial charge in [-0.25, -0.2) is 0 Å². The molecule has 0 radical (unpaired) electrons. The third-order valence-electron chi connectivity index (χ3n) is 5.90. The summed E-state index contributed by atoms with van der Waals surface area (Å²) in [5, 5.41) is 18.6. The van der Waals surface area contributed by atoms with Crippen molar-refractivity contribution in [3.05, 3.63) is 93.9 Å². The number of phenols is 1. The maximum atomic E-state index is 13.5. The molecule has 2 aromatic carbocycles. The number of carbonyl (C=O) groups excluding carboxylic acids is 1. The molecule has 1 amide bonds. The molecule has 6 nitrogen and oxygen atoms in total. The van der Waals surface area contributed by atoms with E-state index in [4.69, 9.17) is 11.6 Å². The Kier molecular flexibility index (Phi) is 5.60. The fourth-order valence-corrected chi connectivity index (χ4v) is 4.81. The number of aromatic nitrogens is 3. The van der Waals surface area contributed by atoms with E-state index >= 15 is 0 Å². The fraction of sp³-hybridized carbons (Fsp3) is 0.160. The third kappa shape index (κ3) is 3.77. The first kappa shape index (κ1) is 21.6. The van der Waals surface area contributed by atoms with Gasteiger partial charge in [0.2, 0.25) is 0 Å². The molecule has 5 rings (SSSR count). The number of pyridine rings is 1. The van der Waals surface area contributed by atoms with Crippen molar-refractivity contribution in [3.8, 4) is 17.0 Å². The van der Waals surface area contributed by atoms with E-state index in [0.717, 1.165) is 27.1 Å². The molecule has 33 heavy (non-hydrogen) atoms. The van der Waals surface area contributed by atoms with E-state index in [1.54, 1.807) is 36.3 Å². The maximum Gasteiger partial charge on any atom is 0.273 e. The van der Waals surface area contributed by atoms with Crippen LogP contribution in [0.3, 0.4) is 0 Å². The highest BCUT2D eigenvalue weighted by Crippen LogP contribution is 2.46. The Morgan fingerprint density at radius 1 is 1.21 bits per heavy atom. The van der Waals surface area contributed by atoms with Gasteiger partial charge in [-0.15, -0.1) is 11.8 Å². The number of amides is 1. The molecule has 8 heteroatoms. The van der Waals surface area contributed by atoms with E-state index in [1.807, 2.05) is 54.5 Å². The molecule has 3 heterocycles. The zero-order valence-corrected chi connectivity index (χ0v) is 19.6. The largest absolute Gasteiger partial charge is 0.507 e. The van der Waals surface area contributed by atoms with Crippen molar-refractivity contribution >= 4 is 29.3 Å². The molecule has 4 aromatic rings. The summed E-state index contributed by atoms with van der Waals surface area (Å²) in [5.74, 6) is -0.0786. The summed E-state index contributed by atoms with van der Waals surface area (Å²) < 4.78 is 0. The number of H-pyrrole nitrogens is 1. The second kappa shape index (κ2) is 8.57. The minimum atomic E-state index is -0.378. The predicted octanol–water partition coefficient (Wildman–Crippen LogP) is 5.61. The molecule has 0 aliphatic carbocycles. The van der Waals surface area contributed by atoms with Gasteiger partial charge in [0, 0.05) is 40.0 Å². The second-order valence-corrected chi connectivity index (χ2v) is 9.24. The van der Waals surface area contributed by atoms with Gasteiger partial charge in [-0.05, 0) is 60.2 Å². The molecule has 0 saturated carbocycles. The van der Waals surface area contributed by atoms with Gasteiger partial charge in [-0.2, -0.15) is 5.10 Å². The molecule has 0 bridgehead atoms. The summed E-state index contributed by atoms with van der Waals surface area (Å²) in [7, 11) is 0. The smallest absolute Gasteiger partial charge is 0.273 e. The first-order valence-corrected chi connectivity index (χ1v) is 12.0. The average Bonchev–Trinajstić information content (AvgIpc) is 3.36. The SMILES string of the molecule is CSc1ccc(C2c3c(-c4cc(Cl)c(C)cc4O)n[nH]c3C(=O)N2Cc2cccnc2)cc1. The van der Waals surface area contributed by atoms with Gasteiger partial charge in [-0.1, -0.05) is 29.8 Å². The lowest BCUT2D eigenvalue weighted by atomic mass is 9.95. The van der Waals surface area contributed by atoms with Crippen molar-refractivity contribution in [2.45, 2.75) is 24.4 Å². The van der Waals surface area contributed by atoms with Crippen LogP contribution in [0, 0.1) is 6.92 Å². The number of carbonyl (C=O) groups is 1. The predicted molar refractivity (Wildman–Crippen MR) is 130 cm³/mol. The van der Waals surface area contributed by atoms with Crippen molar-refractivity contribution in [3.63, 3.8) is 0 Å². The average molecular weight is 477 g/mol. The van der Waals surface area contributed by atoms with Gasteiger partial charge in [0.15, 0.2) is 0 Å². The molecule has 1 aliphatic heterocycles. The Hall–Kier alpha value is -3.29. The van der Waals surface area contributed by atoms with Crippen molar-refractivity contribution in [2.75, 3.05) is 6.26 Å². The minimum Gasteiger partial charge on any atom is -0.507 e. The van der Waals surface area contributed by atoms with Crippen molar-refractivity contribution in [1.29, 1.82) is 0 Å². The molecular weight excluding hydrogens is 456 g/mol. The normalized spacial score (nSPS) is 15.2. The van der Waals surface area contributed by atoms with Crippen molar-refractivity contribution < 1.29 is 9.90 Å². The van der Waals surface area contributed by atoms with Gasteiger partial charge < -0.3 is 10.0 Å². The summed E-state index contributed by atoms with van der Waals surface area (Å²) in [5.41, 5.74) is 4.82. The molecule has 1 aliphatic rings. The number of benzene rings is 2. The van der Waals surface area contributed by atoms with Gasteiger partial charge in [-0.3, -0.25) is 14.9 Å². The number of nitrogens with zero attached hydrogens (tertiary/aromatic N) is 3. The first-order chi connectivity index (χ1) is 16.0. The number of aromatic hydroxyl groups is 1. The summed E-state index contributed by atoms with van der Waals surface area (Å²) in [4.78, 5) is 20.6. The lowest BCUT2D eigenvalue weighted by Gasteiger charge is -2.26. The van der Waals surface area contributed by atoms with Gasteiger partial charge >= 0.3 is 0 Å².